The molecule has 0 radical (unpaired) electrons. The lowest BCUT2D eigenvalue weighted by atomic mass is 10.0. The first-order valence-electron chi connectivity index (χ1n) is 7.09. The van der Waals surface area contributed by atoms with Gasteiger partial charge in [-0.05, 0) is 49.6 Å². The predicted octanol–water partition coefficient (Wildman–Crippen LogP) is 3.96. The number of aliphatic carboxylic acids is 1. The van der Waals surface area contributed by atoms with Crippen molar-refractivity contribution < 1.29 is 9.90 Å². The average molecular weight is 283 g/mol. The Hall–Kier alpha value is -2.29. The number of hydrogen-bond acceptors (Lipinski definition) is 2. The smallest absolute Gasteiger partial charge is 0.323 e. The lowest BCUT2D eigenvalue weighted by Crippen LogP contribution is -2.32. The van der Waals surface area contributed by atoms with Gasteiger partial charge in [0.05, 0.1) is 6.04 Å². The maximum atomic E-state index is 11.2. The third-order valence-corrected chi connectivity index (χ3v) is 3.87. The van der Waals surface area contributed by atoms with Crippen molar-refractivity contribution in [1.82, 2.24) is 0 Å². The Morgan fingerprint density at radius 2 is 1.76 bits per heavy atom. The molecule has 0 bridgehead atoms. The first-order chi connectivity index (χ1) is 9.99. The van der Waals surface area contributed by atoms with Crippen molar-refractivity contribution in [2.24, 2.45) is 0 Å². The number of rotatable bonds is 5. The van der Waals surface area contributed by atoms with Crippen LogP contribution in [-0.2, 0) is 4.79 Å². The van der Waals surface area contributed by atoms with Crippen LogP contribution in [0.5, 0.6) is 0 Å². The van der Waals surface area contributed by atoms with Crippen molar-refractivity contribution in [3.05, 3.63) is 65.2 Å². The van der Waals surface area contributed by atoms with Gasteiger partial charge in [-0.2, -0.15) is 0 Å². The highest BCUT2D eigenvalue weighted by Gasteiger charge is 2.19. The summed E-state index contributed by atoms with van der Waals surface area (Å²) in [6, 6.07) is 16.0. The molecule has 0 fully saturated rings. The normalized spacial score (nSPS) is 12.0. The van der Waals surface area contributed by atoms with E-state index in [0.29, 0.717) is 0 Å². The molecule has 0 aromatic heterocycles. The molecule has 0 heterocycles. The molecule has 0 amide bonds. The van der Waals surface area contributed by atoms with Gasteiger partial charge in [-0.25, -0.2) is 0 Å². The lowest BCUT2D eigenvalue weighted by molar-refractivity contribution is -0.135. The summed E-state index contributed by atoms with van der Waals surface area (Å²) in [6.07, 6.45) is 0. The van der Waals surface area contributed by atoms with Gasteiger partial charge in [0.25, 0.3) is 0 Å². The summed E-state index contributed by atoms with van der Waals surface area (Å²) < 4.78 is 0. The minimum absolute atomic E-state index is 0.00259. The highest BCUT2D eigenvalue weighted by Crippen LogP contribution is 2.27. The van der Waals surface area contributed by atoms with Crippen molar-refractivity contribution in [2.75, 3.05) is 11.4 Å². The molecule has 3 nitrogen and oxygen atoms in total. The van der Waals surface area contributed by atoms with Gasteiger partial charge < -0.3 is 10.0 Å². The van der Waals surface area contributed by atoms with E-state index < -0.39 is 5.97 Å². The van der Waals surface area contributed by atoms with Crippen molar-refractivity contribution in [2.45, 2.75) is 26.8 Å². The molecule has 0 aliphatic carbocycles. The molecule has 110 valence electrons. The molecule has 0 saturated heterocycles. The summed E-state index contributed by atoms with van der Waals surface area (Å²) in [5, 5.41) is 9.20. The van der Waals surface area contributed by atoms with Crippen LogP contribution >= 0.6 is 0 Å². The molecule has 0 spiro atoms. The van der Waals surface area contributed by atoms with Crippen LogP contribution in [0.15, 0.2) is 48.5 Å². The highest BCUT2D eigenvalue weighted by atomic mass is 16.4. The monoisotopic (exact) mass is 283 g/mol. The zero-order valence-corrected chi connectivity index (χ0v) is 12.7. The van der Waals surface area contributed by atoms with Crippen LogP contribution in [-0.4, -0.2) is 17.6 Å². The first kappa shape index (κ1) is 15.1. The van der Waals surface area contributed by atoms with Gasteiger partial charge in [-0.3, -0.25) is 4.79 Å². The minimum atomic E-state index is -0.825. The quantitative estimate of drug-likeness (QED) is 0.903. The number of hydrogen-bond donors (Lipinski definition) is 1. The van der Waals surface area contributed by atoms with Gasteiger partial charge in [0.1, 0.15) is 6.54 Å². The predicted molar refractivity (Wildman–Crippen MR) is 85.8 cm³/mol. The third kappa shape index (κ3) is 3.63. The Morgan fingerprint density at radius 1 is 1.10 bits per heavy atom. The van der Waals surface area contributed by atoms with Crippen LogP contribution < -0.4 is 4.90 Å². The van der Waals surface area contributed by atoms with E-state index in [0.717, 1.165) is 11.3 Å². The Kier molecular flexibility index (Phi) is 4.63. The SMILES string of the molecule is Cc1ccc(C(C)N(CC(=O)O)c2ccccc2)cc1C. The maximum Gasteiger partial charge on any atom is 0.323 e. The van der Waals surface area contributed by atoms with Crippen LogP contribution in [0.3, 0.4) is 0 Å². The molecule has 0 aliphatic rings. The summed E-state index contributed by atoms with van der Waals surface area (Å²) in [5.41, 5.74) is 4.52. The zero-order chi connectivity index (χ0) is 15.4. The van der Waals surface area contributed by atoms with E-state index in [2.05, 4.69) is 32.0 Å². The fraction of sp³-hybridized carbons (Fsp3) is 0.278. The number of carboxylic acid groups (broad SMARTS) is 1. The molecular formula is C18H21NO2. The van der Waals surface area contributed by atoms with Crippen molar-refractivity contribution in [1.29, 1.82) is 0 Å². The largest absolute Gasteiger partial charge is 0.480 e. The summed E-state index contributed by atoms with van der Waals surface area (Å²) in [4.78, 5) is 13.1. The number of carbonyl (C=O) groups is 1. The Balaban J connectivity index is 2.35. The molecule has 1 N–H and O–H groups in total. The number of anilines is 1. The number of carboxylic acids is 1. The molecule has 21 heavy (non-hydrogen) atoms. The van der Waals surface area contributed by atoms with Crippen molar-refractivity contribution >= 4 is 11.7 Å². The van der Waals surface area contributed by atoms with E-state index in [1.54, 1.807) is 0 Å². The second kappa shape index (κ2) is 6.44. The van der Waals surface area contributed by atoms with E-state index in [4.69, 9.17) is 0 Å². The molecule has 1 unspecified atom stereocenters. The standard InChI is InChI=1S/C18H21NO2/c1-13-9-10-16(11-14(13)2)15(3)19(12-18(20)21)17-7-5-4-6-8-17/h4-11,15H,12H2,1-3H3,(H,20,21). The molecule has 2 rings (SSSR count). The number of para-hydroxylation sites is 1. The molecule has 2 aromatic carbocycles. The van der Waals surface area contributed by atoms with Gasteiger partial charge in [0, 0.05) is 5.69 Å². The third-order valence-electron chi connectivity index (χ3n) is 3.87. The Morgan fingerprint density at radius 3 is 2.33 bits per heavy atom. The van der Waals surface area contributed by atoms with Crippen LogP contribution in [0, 0.1) is 13.8 Å². The first-order valence-corrected chi connectivity index (χ1v) is 7.09. The second-order valence-corrected chi connectivity index (χ2v) is 5.38. The average Bonchev–Trinajstić information content (AvgIpc) is 2.47. The minimum Gasteiger partial charge on any atom is -0.480 e. The molecule has 0 aliphatic heterocycles. The highest BCUT2D eigenvalue weighted by molar-refractivity contribution is 5.74. The number of aryl methyl sites for hydroxylation is 2. The molecule has 0 saturated carbocycles. The van der Waals surface area contributed by atoms with Gasteiger partial charge in [-0.1, -0.05) is 36.4 Å². The summed E-state index contributed by atoms with van der Waals surface area (Å²) in [7, 11) is 0. The van der Waals surface area contributed by atoms with Crippen LogP contribution in [0.4, 0.5) is 5.69 Å². The number of benzene rings is 2. The van der Waals surface area contributed by atoms with Gasteiger partial charge in [0.2, 0.25) is 0 Å². The summed E-state index contributed by atoms with van der Waals surface area (Å²) in [6.45, 7) is 6.18. The van der Waals surface area contributed by atoms with E-state index in [1.807, 2.05) is 42.2 Å². The van der Waals surface area contributed by atoms with E-state index in [1.165, 1.54) is 11.1 Å². The lowest BCUT2D eigenvalue weighted by Gasteiger charge is -2.30. The Bertz CT molecular complexity index is 622. The summed E-state index contributed by atoms with van der Waals surface area (Å²) in [5.74, 6) is -0.825. The molecule has 1 atom stereocenters. The van der Waals surface area contributed by atoms with Crippen LogP contribution in [0.2, 0.25) is 0 Å². The Labute approximate surface area is 125 Å². The summed E-state index contributed by atoms with van der Waals surface area (Å²) >= 11 is 0. The van der Waals surface area contributed by atoms with E-state index in [9.17, 15) is 9.90 Å². The fourth-order valence-electron chi connectivity index (χ4n) is 2.42. The van der Waals surface area contributed by atoms with E-state index in [-0.39, 0.29) is 12.6 Å². The molecule has 3 heteroatoms. The maximum absolute atomic E-state index is 11.2. The number of nitrogens with zero attached hydrogens (tertiary/aromatic N) is 1. The fourth-order valence-corrected chi connectivity index (χ4v) is 2.42. The van der Waals surface area contributed by atoms with E-state index >= 15 is 0 Å². The van der Waals surface area contributed by atoms with Crippen molar-refractivity contribution in [3.8, 4) is 0 Å². The second-order valence-electron chi connectivity index (χ2n) is 5.38. The topological polar surface area (TPSA) is 40.5 Å². The van der Waals surface area contributed by atoms with Crippen LogP contribution in [0.1, 0.15) is 29.7 Å². The van der Waals surface area contributed by atoms with Gasteiger partial charge in [-0.15, -0.1) is 0 Å². The zero-order valence-electron chi connectivity index (χ0n) is 12.7. The molecular weight excluding hydrogens is 262 g/mol. The van der Waals surface area contributed by atoms with Crippen LogP contribution in [0.25, 0.3) is 0 Å². The van der Waals surface area contributed by atoms with Crippen molar-refractivity contribution in [3.63, 3.8) is 0 Å². The molecule has 2 aromatic rings. The van der Waals surface area contributed by atoms with Gasteiger partial charge >= 0.3 is 5.97 Å². The van der Waals surface area contributed by atoms with Gasteiger partial charge in [0.15, 0.2) is 0 Å².